The smallest absolute Gasteiger partial charge is 0.260 e. The molecular weight excluding hydrogens is 378 g/mol. The molecule has 0 amide bonds. The standard InChI is InChI=1S/C16H10ClN5OS2/c1-7-8(2)25-15-11(7)14(23)20-13(21-15)9(6-18)5-10-12(17)19-16-22(10)3-4-24-16/h3-5H,1-2H3,(H,20,21,23)/b9-5+. The predicted octanol–water partition coefficient (Wildman–Crippen LogP) is 4.03. The second kappa shape index (κ2) is 5.81. The van der Waals surface area contributed by atoms with Gasteiger partial charge in [-0.3, -0.25) is 9.20 Å². The van der Waals surface area contributed by atoms with Crippen LogP contribution in [-0.2, 0) is 0 Å². The van der Waals surface area contributed by atoms with Gasteiger partial charge in [0, 0.05) is 16.5 Å². The van der Waals surface area contributed by atoms with E-state index in [1.54, 1.807) is 10.5 Å². The number of nitrogens with zero attached hydrogens (tertiary/aromatic N) is 4. The van der Waals surface area contributed by atoms with Gasteiger partial charge in [0.15, 0.2) is 15.9 Å². The number of nitrogens with one attached hydrogen (secondary N) is 1. The maximum atomic E-state index is 12.4. The molecule has 124 valence electrons. The van der Waals surface area contributed by atoms with Gasteiger partial charge in [0.1, 0.15) is 10.9 Å². The molecule has 0 bridgehead atoms. The van der Waals surface area contributed by atoms with Crippen LogP contribution in [0.25, 0.3) is 26.8 Å². The number of thiophene rings is 1. The lowest BCUT2D eigenvalue weighted by Crippen LogP contribution is -2.10. The van der Waals surface area contributed by atoms with Crippen LogP contribution in [0.2, 0.25) is 5.15 Å². The average Bonchev–Trinajstić information content (AvgIpc) is 3.20. The largest absolute Gasteiger partial charge is 0.305 e. The number of halogens is 1. The summed E-state index contributed by atoms with van der Waals surface area (Å²) in [5.74, 6) is 0.225. The minimum Gasteiger partial charge on any atom is -0.305 e. The lowest BCUT2D eigenvalue weighted by Gasteiger charge is -2.00. The molecule has 0 aliphatic heterocycles. The number of fused-ring (bicyclic) bond motifs is 2. The number of nitriles is 1. The Balaban J connectivity index is 1.94. The first-order valence-corrected chi connectivity index (χ1v) is 9.30. The zero-order valence-corrected chi connectivity index (χ0v) is 15.5. The van der Waals surface area contributed by atoms with Crippen molar-refractivity contribution in [2.45, 2.75) is 13.8 Å². The van der Waals surface area contributed by atoms with E-state index in [0.29, 0.717) is 21.1 Å². The van der Waals surface area contributed by atoms with Crippen LogP contribution >= 0.6 is 34.3 Å². The Kier molecular flexibility index (Phi) is 3.72. The number of imidazole rings is 1. The molecule has 4 aromatic heterocycles. The number of thiazole rings is 1. The third kappa shape index (κ3) is 2.48. The summed E-state index contributed by atoms with van der Waals surface area (Å²) in [5.41, 5.74) is 1.47. The zero-order valence-electron chi connectivity index (χ0n) is 13.1. The second-order valence-electron chi connectivity index (χ2n) is 5.39. The normalized spacial score (nSPS) is 12.2. The van der Waals surface area contributed by atoms with Crippen molar-refractivity contribution in [3.63, 3.8) is 0 Å². The molecule has 4 rings (SSSR count). The highest BCUT2D eigenvalue weighted by molar-refractivity contribution is 7.18. The van der Waals surface area contributed by atoms with Crippen molar-refractivity contribution in [1.82, 2.24) is 19.4 Å². The van der Waals surface area contributed by atoms with E-state index >= 15 is 0 Å². The summed E-state index contributed by atoms with van der Waals surface area (Å²) < 4.78 is 1.79. The number of hydrogen-bond acceptors (Lipinski definition) is 6. The number of hydrogen-bond donors (Lipinski definition) is 1. The third-order valence-corrected chi connectivity index (χ3v) is 6.09. The molecule has 0 aromatic carbocycles. The molecule has 0 aliphatic carbocycles. The Morgan fingerprint density at radius 1 is 1.44 bits per heavy atom. The van der Waals surface area contributed by atoms with E-state index in [9.17, 15) is 10.1 Å². The molecule has 0 aliphatic rings. The number of H-pyrrole nitrogens is 1. The minimum atomic E-state index is -0.247. The number of allylic oxidation sites excluding steroid dienone is 1. The Labute approximate surface area is 154 Å². The van der Waals surface area contributed by atoms with Crippen molar-refractivity contribution in [1.29, 1.82) is 5.26 Å². The fourth-order valence-electron chi connectivity index (χ4n) is 2.58. The predicted molar refractivity (Wildman–Crippen MR) is 101 cm³/mol. The first-order valence-electron chi connectivity index (χ1n) is 7.23. The van der Waals surface area contributed by atoms with Crippen LogP contribution in [0.15, 0.2) is 16.4 Å². The van der Waals surface area contributed by atoms with Gasteiger partial charge in [-0.05, 0) is 25.5 Å². The van der Waals surface area contributed by atoms with Crippen LogP contribution in [0.5, 0.6) is 0 Å². The maximum absolute atomic E-state index is 12.4. The van der Waals surface area contributed by atoms with Gasteiger partial charge in [0.2, 0.25) is 0 Å². The molecule has 4 aromatic rings. The van der Waals surface area contributed by atoms with Gasteiger partial charge in [0.25, 0.3) is 5.56 Å². The molecule has 0 saturated carbocycles. The first kappa shape index (κ1) is 16.0. The molecule has 0 spiro atoms. The van der Waals surface area contributed by atoms with E-state index in [1.807, 2.05) is 25.4 Å². The van der Waals surface area contributed by atoms with Crippen LogP contribution in [0.3, 0.4) is 0 Å². The summed E-state index contributed by atoms with van der Waals surface area (Å²) in [6, 6.07) is 2.09. The van der Waals surface area contributed by atoms with E-state index in [0.717, 1.165) is 15.4 Å². The van der Waals surface area contributed by atoms with Crippen LogP contribution < -0.4 is 5.56 Å². The van der Waals surface area contributed by atoms with E-state index < -0.39 is 0 Å². The van der Waals surface area contributed by atoms with Gasteiger partial charge in [0.05, 0.1) is 16.7 Å². The molecule has 0 fully saturated rings. The molecule has 6 nitrogen and oxygen atoms in total. The Bertz CT molecular complexity index is 1270. The number of rotatable bonds is 2. The van der Waals surface area contributed by atoms with Crippen LogP contribution in [0.4, 0.5) is 0 Å². The molecule has 0 atom stereocenters. The van der Waals surface area contributed by atoms with Crippen molar-refractivity contribution >= 4 is 61.1 Å². The summed E-state index contributed by atoms with van der Waals surface area (Å²) in [5, 5.41) is 12.3. The van der Waals surface area contributed by atoms with Gasteiger partial charge in [-0.2, -0.15) is 5.26 Å². The van der Waals surface area contributed by atoms with E-state index in [1.165, 1.54) is 22.7 Å². The summed E-state index contributed by atoms with van der Waals surface area (Å²) in [6.45, 7) is 3.84. The van der Waals surface area contributed by atoms with Gasteiger partial charge >= 0.3 is 0 Å². The van der Waals surface area contributed by atoms with Crippen molar-refractivity contribution in [3.05, 3.63) is 49.0 Å². The van der Waals surface area contributed by atoms with Crippen molar-refractivity contribution in [2.24, 2.45) is 0 Å². The number of aryl methyl sites for hydroxylation is 2. The fraction of sp³-hybridized carbons (Fsp3) is 0.125. The third-order valence-electron chi connectivity index (χ3n) is 3.95. The highest BCUT2D eigenvalue weighted by Crippen LogP contribution is 2.28. The lowest BCUT2D eigenvalue weighted by atomic mass is 10.2. The molecule has 0 saturated heterocycles. The van der Waals surface area contributed by atoms with Crippen LogP contribution in [0.1, 0.15) is 22.0 Å². The summed E-state index contributed by atoms with van der Waals surface area (Å²) >= 11 is 9.06. The van der Waals surface area contributed by atoms with Gasteiger partial charge < -0.3 is 4.98 Å². The van der Waals surface area contributed by atoms with Gasteiger partial charge in [-0.15, -0.1) is 22.7 Å². The highest BCUT2D eigenvalue weighted by atomic mass is 35.5. The lowest BCUT2D eigenvalue weighted by molar-refractivity contribution is 1.13. The van der Waals surface area contributed by atoms with Crippen LogP contribution in [0, 0.1) is 25.2 Å². The van der Waals surface area contributed by atoms with E-state index in [2.05, 4.69) is 21.0 Å². The maximum Gasteiger partial charge on any atom is 0.260 e. The zero-order chi connectivity index (χ0) is 17.7. The fourth-order valence-corrected chi connectivity index (χ4v) is 4.61. The number of aromatic nitrogens is 4. The molecule has 0 radical (unpaired) electrons. The summed E-state index contributed by atoms with van der Waals surface area (Å²) in [7, 11) is 0. The van der Waals surface area contributed by atoms with Crippen molar-refractivity contribution in [3.8, 4) is 6.07 Å². The van der Waals surface area contributed by atoms with Gasteiger partial charge in [-0.1, -0.05) is 11.6 Å². The molecule has 1 N–H and O–H groups in total. The van der Waals surface area contributed by atoms with Gasteiger partial charge in [-0.25, -0.2) is 9.97 Å². The van der Waals surface area contributed by atoms with Crippen molar-refractivity contribution < 1.29 is 0 Å². The highest BCUT2D eigenvalue weighted by Gasteiger charge is 2.16. The molecule has 25 heavy (non-hydrogen) atoms. The average molecular weight is 388 g/mol. The van der Waals surface area contributed by atoms with Crippen LogP contribution in [-0.4, -0.2) is 19.4 Å². The first-order chi connectivity index (χ1) is 12.0. The van der Waals surface area contributed by atoms with Crippen molar-refractivity contribution in [2.75, 3.05) is 0 Å². The topological polar surface area (TPSA) is 86.8 Å². The molecular formula is C16H10ClN5OS2. The van der Waals surface area contributed by atoms with E-state index in [-0.39, 0.29) is 17.0 Å². The molecule has 0 unspecified atom stereocenters. The Hall–Kier alpha value is -2.47. The Morgan fingerprint density at radius 3 is 3.00 bits per heavy atom. The molecule has 9 heteroatoms. The number of aromatic amines is 1. The summed E-state index contributed by atoms with van der Waals surface area (Å²) in [6.07, 6.45) is 3.41. The molecule has 4 heterocycles. The summed E-state index contributed by atoms with van der Waals surface area (Å²) in [4.78, 5) is 26.2. The van der Waals surface area contributed by atoms with E-state index in [4.69, 9.17) is 11.6 Å². The monoisotopic (exact) mass is 387 g/mol. The Morgan fingerprint density at radius 2 is 2.24 bits per heavy atom. The minimum absolute atomic E-state index is 0.220. The quantitative estimate of drug-likeness (QED) is 0.526. The second-order valence-corrected chi connectivity index (χ2v) is 7.83. The SMILES string of the molecule is Cc1sc2nc(/C(C#N)=C/c3c(Cl)nc4sccn34)[nH]c(=O)c2c1C.